The Morgan fingerprint density at radius 1 is 0.947 bits per heavy atom. The number of pyridine rings is 3. The van der Waals surface area contributed by atoms with Gasteiger partial charge in [0, 0.05) is 29.6 Å². The smallest absolute Gasteiger partial charge is 0.383 e. The highest BCUT2D eigenvalue weighted by atomic mass is 19.4. The van der Waals surface area contributed by atoms with E-state index in [0.29, 0.717) is 28.0 Å². The van der Waals surface area contributed by atoms with Crippen LogP contribution >= 0.6 is 0 Å². The van der Waals surface area contributed by atoms with E-state index in [-0.39, 0.29) is 23.4 Å². The Morgan fingerprint density at radius 3 is 2.45 bits per heavy atom. The number of carbonyl (C=O) groups excluding carboxylic acids is 1. The Kier molecular flexibility index (Phi) is 6.07. The number of rotatable bonds is 4. The van der Waals surface area contributed by atoms with Crippen LogP contribution in [0.1, 0.15) is 68.8 Å². The van der Waals surface area contributed by atoms with Gasteiger partial charge in [0.2, 0.25) is 0 Å². The van der Waals surface area contributed by atoms with Gasteiger partial charge in [0.25, 0.3) is 0 Å². The van der Waals surface area contributed by atoms with Gasteiger partial charge in [-0.05, 0) is 63.6 Å². The molecule has 4 aromatic rings. The summed E-state index contributed by atoms with van der Waals surface area (Å²) in [7, 11) is 0. The van der Waals surface area contributed by atoms with Crippen molar-refractivity contribution in [3.63, 3.8) is 0 Å². The van der Waals surface area contributed by atoms with Crippen molar-refractivity contribution in [2.24, 2.45) is 11.8 Å². The summed E-state index contributed by atoms with van der Waals surface area (Å²) in [6.45, 7) is 1.96. The highest BCUT2D eigenvalue weighted by Gasteiger charge is 2.36. The van der Waals surface area contributed by atoms with Gasteiger partial charge in [-0.25, -0.2) is 15.0 Å². The van der Waals surface area contributed by atoms with Crippen LogP contribution in [-0.4, -0.2) is 30.3 Å². The molecule has 6 rings (SSSR count). The number of nitrogen functional groups attached to an aromatic ring is 1. The highest BCUT2D eigenvalue weighted by Crippen LogP contribution is 2.40. The van der Waals surface area contributed by atoms with E-state index in [0.717, 1.165) is 68.8 Å². The van der Waals surface area contributed by atoms with Gasteiger partial charge in [-0.3, -0.25) is 9.78 Å². The number of anilines is 1. The zero-order valence-electron chi connectivity index (χ0n) is 21.1. The first-order valence-electron chi connectivity index (χ1n) is 13.2. The highest BCUT2D eigenvalue weighted by molar-refractivity contribution is 6.00. The first-order chi connectivity index (χ1) is 18.2. The number of alkyl halides is 3. The molecule has 4 heterocycles. The molecular formula is C28H29F3N6O. The van der Waals surface area contributed by atoms with Crippen molar-refractivity contribution in [3.05, 3.63) is 42.0 Å². The van der Waals surface area contributed by atoms with E-state index in [1.54, 1.807) is 18.3 Å². The number of aromatic nitrogens is 5. The summed E-state index contributed by atoms with van der Waals surface area (Å²) < 4.78 is 42.6. The molecule has 10 heteroatoms. The molecule has 0 aromatic carbocycles. The summed E-state index contributed by atoms with van der Waals surface area (Å²) in [5, 5.41) is 0. The SMILES string of the molecule is Cc1nc2cnc3ccc(-c4cnc(N)c(C(F)(F)F)c4)nc3c2n1C1CCCCC(C(=O)C2CC2)CC1. The number of carbonyl (C=O) groups is 1. The third kappa shape index (κ3) is 4.50. The summed E-state index contributed by atoms with van der Waals surface area (Å²) in [6.07, 6.45) is 6.20. The molecule has 2 unspecified atom stereocenters. The van der Waals surface area contributed by atoms with Gasteiger partial charge in [0.05, 0.1) is 28.5 Å². The number of nitrogens with zero attached hydrogens (tertiary/aromatic N) is 5. The minimum atomic E-state index is -4.62. The Balaban J connectivity index is 1.43. The molecule has 2 saturated carbocycles. The van der Waals surface area contributed by atoms with Gasteiger partial charge in [-0.1, -0.05) is 12.8 Å². The average molecular weight is 523 g/mol. The molecule has 4 aromatic heterocycles. The molecule has 198 valence electrons. The molecule has 2 atom stereocenters. The molecule has 2 aliphatic rings. The third-order valence-corrected chi connectivity index (χ3v) is 7.99. The number of fused-ring (bicyclic) bond motifs is 3. The topological polar surface area (TPSA) is 99.6 Å². The van der Waals surface area contributed by atoms with Crippen molar-refractivity contribution in [1.29, 1.82) is 0 Å². The van der Waals surface area contributed by atoms with Crippen LogP contribution in [0.5, 0.6) is 0 Å². The summed E-state index contributed by atoms with van der Waals surface area (Å²) in [5.74, 6) is 1.11. The van der Waals surface area contributed by atoms with Crippen molar-refractivity contribution >= 4 is 33.7 Å². The van der Waals surface area contributed by atoms with Crippen molar-refractivity contribution < 1.29 is 18.0 Å². The van der Waals surface area contributed by atoms with Crippen LogP contribution in [0.25, 0.3) is 33.3 Å². The van der Waals surface area contributed by atoms with Crippen LogP contribution in [0.15, 0.2) is 30.6 Å². The second-order valence-corrected chi connectivity index (χ2v) is 10.6. The molecule has 2 N–H and O–H groups in total. The molecule has 0 radical (unpaired) electrons. The lowest BCUT2D eigenvalue weighted by atomic mass is 9.84. The Labute approximate surface area is 217 Å². The molecule has 7 nitrogen and oxygen atoms in total. The van der Waals surface area contributed by atoms with E-state index >= 15 is 0 Å². The number of hydrogen-bond acceptors (Lipinski definition) is 6. The van der Waals surface area contributed by atoms with Crippen molar-refractivity contribution in [2.45, 2.75) is 70.5 Å². The van der Waals surface area contributed by atoms with E-state index in [1.165, 1.54) is 6.20 Å². The first kappa shape index (κ1) is 24.8. The largest absolute Gasteiger partial charge is 0.419 e. The summed E-state index contributed by atoms with van der Waals surface area (Å²) in [6, 6.07) is 4.54. The number of ketones is 1. The second-order valence-electron chi connectivity index (χ2n) is 10.6. The van der Waals surface area contributed by atoms with Gasteiger partial charge in [-0.2, -0.15) is 13.2 Å². The van der Waals surface area contributed by atoms with Crippen LogP contribution in [0, 0.1) is 18.8 Å². The molecule has 38 heavy (non-hydrogen) atoms. The predicted molar refractivity (Wildman–Crippen MR) is 138 cm³/mol. The van der Waals surface area contributed by atoms with E-state index in [4.69, 9.17) is 15.7 Å². The van der Waals surface area contributed by atoms with Crippen LogP contribution < -0.4 is 5.73 Å². The molecule has 2 fully saturated rings. The molecule has 2 aliphatic carbocycles. The van der Waals surface area contributed by atoms with Crippen LogP contribution in [0.4, 0.5) is 19.0 Å². The number of nitrogens with two attached hydrogens (primary N) is 1. The van der Waals surface area contributed by atoms with Gasteiger partial charge in [0.15, 0.2) is 0 Å². The standard InChI is InChI=1S/C28H29F3N6O/c1-15-35-23-14-33-22-11-10-21(18-12-20(28(29,30)31)27(32)34-13-18)36-24(22)25(23)37(15)19-5-3-2-4-16(8-9-19)26(38)17-6-7-17/h10-14,16-17,19H,2-9H2,1H3,(H2,32,34). The number of aryl methyl sites for hydroxylation is 1. The normalized spacial score (nSPS) is 20.9. The van der Waals surface area contributed by atoms with Crippen molar-refractivity contribution in [1.82, 2.24) is 24.5 Å². The second kappa shape index (κ2) is 9.32. The van der Waals surface area contributed by atoms with Gasteiger partial charge in [-0.15, -0.1) is 0 Å². The fourth-order valence-electron chi connectivity index (χ4n) is 5.90. The molecule has 0 saturated heterocycles. The molecule has 0 aliphatic heterocycles. The number of Topliss-reactive ketones (excluding diaryl/α,β-unsaturated/α-hetero) is 1. The average Bonchev–Trinajstić information content (AvgIpc) is 3.66. The Bertz CT molecular complexity index is 1540. The van der Waals surface area contributed by atoms with Crippen LogP contribution in [-0.2, 0) is 11.0 Å². The van der Waals surface area contributed by atoms with Crippen LogP contribution in [0.3, 0.4) is 0 Å². The molecule has 0 spiro atoms. The van der Waals surface area contributed by atoms with E-state index in [1.807, 2.05) is 6.92 Å². The minimum absolute atomic E-state index is 0.129. The van der Waals surface area contributed by atoms with E-state index in [9.17, 15) is 18.0 Å². The molecular weight excluding hydrogens is 493 g/mol. The zero-order valence-corrected chi connectivity index (χ0v) is 21.1. The quantitative estimate of drug-likeness (QED) is 0.331. The van der Waals surface area contributed by atoms with Gasteiger partial charge < -0.3 is 10.3 Å². The Hall–Kier alpha value is -3.56. The lowest BCUT2D eigenvalue weighted by Crippen LogP contribution is -2.21. The monoisotopic (exact) mass is 522 g/mol. The van der Waals surface area contributed by atoms with Gasteiger partial charge >= 0.3 is 6.18 Å². The zero-order chi connectivity index (χ0) is 26.6. The van der Waals surface area contributed by atoms with Gasteiger partial charge in [0.1, 0.15) is 28.5 Å². The summed E-state index contributed by atoms with van der Waals surface area (Å²) in [4.78, 5) is 30.7. The summed E-state index contributed by atoms with van der Waals surface area (Å²) >= 11 is 0. The first-order valence-corrected chi connectivity index (χ1v) is 13.2. The Morgan fingerprint density at radius 2 is 1.68 bits per heavy atom. The maximum absolute atomic E-state index is 13.5. The van der Waals surface area contributed by atoms with Crippen molar-refractivity contribution in [3.8, 4) is 11.3 Å². The number of imidazole rings is 1. The fourth-order valence-corrected chi connectivity index (χ4v) is 5.90. The van der Waals surface area contributed by atoms with E-state index < -0.39 is 17.6 Å². The third-order valence-electron chi connectivity index (χ3n) is 7.99. The fraction of sp³-hybridized carbons (Fsp3) is 0.464. The van der Waals surface area contributed by atoms with Crippen LogP contribution in [0.2, 0.25) is 0 Å². The summed E-state index contributed by atoms with van der Waals surface area (Å²) in [5.41, 5.74) is 7.82. The minimum Gasteiger partial charge on any atom is -0.383 e. The van der Waals surface area contributed by atoms with Crippen molar-refractivity contribution in [2.75, 3.05) is 5.73 Å². The number of hydrogen-bond donors (Lipinski definition) is 1. The molecule has 0 bridgehead atoms. The van der Waals surface area contributed by atoms with E-state index in [2.05, 4.69) is 14.5 Å². The lowest BCUT2D eigenvalue weighted by molar-refractivity contribution is -0.137. The maximum Gasteiger partial charge on any atom is 0.419 e. The number of halogens is 3. The maximum atomic E-state index is 13.5. The lowest BCUT2D eigenvalue weighted by Gasteiger charge is -2.27. The predicted octanol–water partition coefficient (Wildman–Crippen LogP) is 6.44. The molecule has 0 amide bonds.